The molecule has 154 valence electrons. The molecule has 1 unspecified atom stereocenters. The number of hydrogen-bond donors (Lipinski definition) is 3. The Bertz CT molecular complexity index is 858. The Hall–Kier alpha value is -2.86. The summed E-state index contributed by atoms with van der Waals surface area (Å²) >= 11 is 0. The minimum Gasteiger partial charge on any atom is -0.362 e. The first-order chi connectivity index (χ1) is 13.9. The van der Waals surface area contributed by atoms with Crippen LogP contribution in [-0.4, -0.2) is 35.8 Å². The number of nitrogens with one attached hydrogen (secondary N) is 2. The van der Waals surface area contributed by atoms with Gasteiger partial charge >= 0.3 is 0 Å². The van der Waals surface area contributed by atoms with Gasteiger partial charge < -0.3 is 16.4 Å². The van der Waals surface area contributed by atoms with E-state index in [1.54, 1.807) is 4.90 Å². The number of rotatable bonds is 8. The molecule has 0 aliphatic carbocycles. The van der Waals surface area contributed by atoms with Crippen molar-refractivity contribution in [1.29, 1.82) is 0 Å². The first kappa shape index (κ1) is 20.9. The first-order valence-electron chi connectivity index (χ1n) is 10.2. The van der Waals surface area contributed by atoms with Crippen molar-refractivity contribution in [3.05, 3.63) is 66.0 Å². The fourth-order valence-corrected chi connectivity index (χ4v) is 3.98. The number of hydrogen-bond acceptors (Lipinski definition) is 4. The third-order valence-electron chi connectivity index (χ3n) is 5.53. The van der Waals surface area contributed by atoms with Crippen LogP contribution in [0.1, 0.15) is 53.6 Å². The normalized spacial score (nSPS) is 18.7. The van der Waals surface area contributed by atoms with E-state index < -0.39 is 0 Å². The molecule has 1 aromatic carbocycles. The molecule has 6 nitrogen and oxygen atoms in total. The molecule has 1 fully saturated rings. The summed E-state index contributed by atoms with van der Waals surface area (Å²) in [4.78, 5) is 27.2. The molecule has 6 heteroatoms. The van der Waals surface area contributed by atoms with Gasteiger partial charge in [0.1, 0.15) is 0 Å². The Morgan fingerprint density at radius 3 is 2.79 bits per heavy atom. The molecule has 29 heavy (non-hydrogen) atoms. The summed E-state index contributed by atoms with van der Waals surface area (Å²) < 4.78 is 0. The number of unbranched alkanes of at least 4 members (excludes halogenated alkanes) is 1. The lowest BCUT2D eigenvalue weighted by Crippen LogP contribution is -2.42. The van der Waals surface area contributed by atoms with E-state index in [-0.39, 0.29) is 17.9 Å². The van der Waals surface area contributed by atoms with Crippen LogP contribution in [0.15, 0.2) is 49.3 Å². The molecular formula is C23H30N4O2. The molecule has 2 aliphatic heterocycles. The summed E-state index contributed by atoms with van der Waals surface area (Å²) in [7, 11) is 0. The Morgan fingerprint density at radius 2 is 2.07 bits per heavy atom. The molecule has 0 radical (unpaired) electrons. The average molecular weight is 395 g/mol. The fourth-order valence-electron chi connectivity index (χ4n) is 3.98. The van der Waals surface area contributed by atoms with Gasteiger partial charge in [0.2, 0.25) is 5.91 Å². The van der Waals surface area contributed by atoms with E-state index >= 15 is 0 Å². The zero-order valence-electron chi connectivity index (χ0n) is 16.9. The van der Waals surface area contributed by atoms with Crippen LogP contribution in [0.4, 0.5) is 0 Å². The molecule has 0 bridgehead atoms. The van der Waals surface area contributed by atoms with E-state index in [1.165, 1.54) is 0 Å². The molecule has 2 aliphatic rings. The lowest BCUT2D eigenvalue weighted by Gasteiger charge is -2.35. The second kappa shape index (κ2) is 9.09. The third-order valence-corrected chi connectivity index (χ3v) is 5.53. The Morgan fingerprint density at radius 1 is 1.28 bits per heavy atom. The smallest absolute Gasteiger partial charge is 0.259 e. The maximum absolute atomic E-state index is 13.3. The number of carbonyl (C=O) groups is 2. The van der Waals surface area contributed by atoms with E-state index in [0.717, 1.165) is 48.2 Å². The van der Waals surface area contributed by atoms with Crippen molar-refractivity contribution < 1.29 is 9.59 Å². The Labute approximate surface area is 172 Å². The van der Waals surface area contributed by atoms with Crippen molar-refractivity contribution in [2.45, 2.75) is 44.6 Å². The van der Waals surface area contributed by atoms with Crippen LogP contribution in [-0.2, 0) is 11.2 Å². The minimum atomic E-state index is -0.147. The summed E-state index contributed by atoms with van der Waals surface area (Å²) in [6.07, 6.45) is 4.18. The zero-order valence-corrected chi connectivity index (χ0v) is 16.9. The number of benzene rings is 1. The lowest BCUT2D eigenvalue weighted by atomic mass is 9.98. The van der Waals surface area contributed by atoms with Crippen molar-refractivity contribution in [3.8, 4) is 0 Å². The van der Waals surface area contributed by atoms with Crippen LogP contribution in [0.5, 0.6) is 0 Å². The van der Waals surface area contributed by atoms with Crippen LogP contribution >= 0.6 is 0 Å². The molecular weight excluding hydrogens is 364 g/mol. The molecule has 1 atom stereocenters. The number of amides is 2. The Balaban J connectivity index is 1.71. The molecule has 4 N–H and O–H groups in total. The maximum Gasteiger partial charge on any atom is 0.259 e. The fraction of sp³-hybridized carbons (Fsp3) is 0.391. The summed E-state index contributed by atoms with van der Waals surface area (Å²) in [5.74, 6) is -0.0754. The van der Waals surface area contributed by atoms with Crippen molar-refractivity contribution >= 4 is 17.5 Å². The van der Waals surface area contributed by atoms with Gasteiger partial charge in [0.25, 0.3) is 5.91 Å². The summed E-state index contributed by atoms with van der Waals surface area (Å²) in [6.45, 7) is 13.5. The van der Waals surface area contributed by atoms with Gasteiger partial charge in [-0.1, -0.05) is 37.9 Å². The predicted molar refractivity (Wildman–Crippen MR) is 116 cm³/mol. The molecule has 2 amide bonds. The highest BCUT2D eigenvalue weighted by Gasteiger charge is 2.39. The molecule has 0 spiro atoms. The van der Waals surface area contributed by atoms with Gasteiger partial charge in [0.15, 0.2) is 0 Å². The van der Waals surface area contributed by atoms with Crippen molar-refractivity contribution in [1.82, 2.24) is 15.5 Å². The molecule has 1 saturated heterocycles. The highest BCUT2D eigenvalue weighted by atomic mass is 16.2. The van der Waals surface area contributed by atoms with Crippen LogP contribution in [0.2, 0.25) is 0 Å². The number of nitrogens with zero attached hydrogens (tertiary/aromatic N) is 1. The third kappa shape index (κ3) is 4.43. The second-order valence-corrected chi connectivity index (χ2v) is 7.62. The Kier molecular flexibility index (Phi) is 6.54. The van der Waals surface area contributed by atoms with E-state index in [4.69, 9.17) is 5.73 Å². The quantitative estimate of drug-likeness (QED) is 0.592. The molecule has 0 aromatic heterocycles. The van der Waals surface area contributed by atoms with E-state index in [1.807, 2.05) is 18.2 Å². The van der Waals surface area contributed by atoms with Gasteiger partial charge in [-0.05, 0) is 44.2 Å². The van der Waals surface area contributed by atoms with Gasteiger partial charge in [-0.3, -0.25) is 14.5 Å². The molecule has 2 heterocycles. The zero-order chi connectivity index (χ0) is 21.0. The van der Waals surface area contributed by atoms with Crippen LogP contribution in [0.25, 0.3) is 5.70 Å². The first-order valence-corrected chi connectivity index (χ1v) is 10.2. The number of nitrogens with two attached hydrogens (primary N) is 1. The number of fused-ring (bicyclic) bond motifs is 1. The van der Waals surface area contributed by atoms with Gasteiger partial charge in [-0.25, -0.2) is 0 Å². The predicted octanol–water partition coefficient (Wildman–Crippen LogP) is 2.68. The highest BCUT2D eigenvalue weighted by molar-refractivity contribution is 6.10. The number of piperidine rings is 1. The van der Waals surface area contributed by atoms with Crippen LogP contribution in [0, 0.1) is 0 Å². The number of carbonyl (C=O) groups excluding carboxylic acids is 2. The minimum absolute atomic E-state index is 0.0101. The van der Waals surface area contributed by atoms with Crippen molar-refractivity contribution in [2.75, 3.05) is 13.1 Å². The molecule has 0 saturated carbocycles. The maximum atomic E-state index is 13.3. The van der Waals surface area contributed by atoms with Crippen LogP contribution < -0.4 is 16.4 Å². The number of aryl methyl sites for hydroxylation is 1. The standard InChI is InChI=1S/C23H30N4O2/c1-15-9-11-20(16(2)26-15)27-17(3)19-8-6-7-18(22(19)23(27)29)10-12-21(28)25-14-5-4-13-24/h6-8,20,26H,1-5,9-14,24H2,(H,25,28). The largest absolute Gasteiger partial charge is 0.362 e. The van der Waals surface area contributed by atoms with Crippen molar-refractivity contribution in [2.24, 2.45) is 5.73 Å². The van der Waals surface area contributed by atoms with Crippen molar-refractivity contribution in [3.63, 3.8) is 0 Å². The molecule has 3 rings (SSSR count). The summed E-state index contributed by atoms with van der Waals surface area (Å²) in [6, 6.07) is 5.62. The van der Waals surface area contributed by atoms with Gasteiger partial charge in [0.05, 0.1) is 11.6 Å². The number of allylic oxidation sites excluding steroid dienone is 1. The average Bonchev–Trinajstić information content (AvgIpc) is 2.95. The second-order valence-electron chi connectivity index (χ2n) is 7.62. The SMILES string of the molecule is C=C1CCC(N2C(=C)c3cccc(CCC(=O)NCCCCN)c3C2=O)C(=C)N1. The summed E-state index contributed by atoms with van der Waals surface area (Å²) in [5, 5.41) is 6.08. The monoisotopic (exact) mass is 394 g/mol. The highest BCUT2D eigenvalue weighted by Crippen LogP contribution is 2.38. The lowest BCUT2D eigenvalue weighted by molar-refractivity contribution is -0.121. The topological polar surface area (TPSA) is 87.5 Å². The molecule has 1 aromatic rings. The summed E-state index contributed by atoms with van der Waals surface area (Å²) in [5.41, 5.74) is 10.2. The van der Waals surface area contributed by atoms with Crippen LogP contribution in [0.3, 0.4) is 0 Å². The van der Waals surface area contributed by atoms with E-state index in [9.17, 15) is 9.59 Å². The van der Waals surface area contributed by atoms with Gasteiger partial charge in [0, 0.05) is 35.6 Å². The van der Waals surface area contributed by atoms with Gasteiger partial charge in [-0.15, -0.1) is 0 Å². The van der Waals surface area contributed by atoms with E-state index in [2.05, 4.69) is 30.4 Å². The van der Waals surface area contributed by atoms with Gasteiger partial charge in [-0.2, -0.15) is 0 Å². The van der Waals surface area contributed by atoms with E-state index in [0.29, 0.717) is 37.2 Å².